The van der Waals surface area contributed by atoms with Gasteiger partial charge in [-0.2, -0.15) is 0 Å². The molecule has 3 nitrogen and oxygen atoms in total. The molecule has 3 N–H and O–H groups in total. The fourth-order valence-electron chi connectivity index (χ4n) is 2.26. The first-order valence-corrected chi connectivity index (χ1v) is 5.94. The van der Waals surface area contributed by atoms with Gasteiger partial charge in [0.25, 0.3) is 0 Å². The Labute approximate surface area is 96.9 Å². The number of nitrogens with two attached hydrogens (primary N) is 1. The van der Waals surface area contributed by atoms with Crippen LogP contribution >= 0.6 is 0 Å². The van der Waals surface area contributed by atoms with Crippen LogP contribution in [-0.2, 0) is 6.54 Å². The van der Waals surface area contributed by atoms with Crippen LogP contribution in [0, 0.1) is 0 Å². The lowest BCUT2D eigenvalue weighted by Gasteiger charge is -2.23. The summed E-state index contributed by atoms with van der Waals surface area (Å²) in [5.74, 6) is 0. The van der Waals surface area contributed by atoms with Crippen molar-refractivity contribution in [3.05, 3.63) is 35.9 Å². The predicted octanol–water partition coefficient (Wildman–Crippen LogP) is 0.971. The fourth-order valence-corrected chi connectivity index (χ4v) is 2.26. The highest BCUT2D eigenvalue weighted by atomic mass is 16.3. The molecular weight excluding hydrogens is 200 g/mol. The van der Waals surface area contributed by atoms with E-state index in [1.54, 1.807) is 0 Å². The van der Waals surface area contributed by atoms with Crippen LogP contribution in [0.5, 0.6) is 0 Å². The Balaban J connectivity index is 1.97. The quantitative estimate of drug-likeness (QED) is 0.781. The zero-order valence-electron chi connectivity index (χ0n) is 9.55. The van der Waals surface area contributed by atoms with Crippen molar-refractivity contribution in [3.63, 3.8) is 0 Å². The Morgan fingerprint density at radius 2 is 1.94 bits per heavy atom. The summed E-state index contributed by atoms with van der Waals surface area (Å²) in [6.07, 6.45) is 1.52. The molecule has 0 spiro atoms. The predicted molar refractivity (Wildman–Crippen MR) is 64.9 cm³/mol. The van der Waals surface area contributed by atoms with Gasteiger partial charge in [0.15, 0.2) is 0 Å². The number of aliphatic hydroxyl groups is 1. The van der Waals surface area contributed by atoms with E-state index in [1.807, 2.05) is 18.2 Å². The standard InChI is InChI=1S/C13H20N2O/c14-12-6-7-13(16)10-15(9-12)8-11-4-2-1-3-5-11/h1-5,12-13,16H,6-10,14H2. The highest BCUT2D eigenvalue weighted by Gasteiger charge is 2.20. The van der Waals surface area contributed by atoms with Crippen molar-refractivity contribution in [3.8, 4) is 0 Å². The lowest BCUT2D eigenvalue weighted by Crippen LogP contribution is -2.36. The van der Waals surface area contributed by atoms with Gasteiger partial charge in [0.1, 0.15) is 0 Å². The average Bonchev–Trinajstić information content (AvgIpc) is 2.42. The number of rotatable bonds is 2. The van der Waals surface area contributed by atoms with Gasteiger partial charge in [-0.25, -0.2) is 0 Å². The molecule has 1 aromatic carbocycles. The van der Waals surface area contributed by atoms with Crippen LogP contribution in [0.4, 0.5) is 0 Å². The molecule has 2 atom stereocenters. The molecular formula is C13H20N2O. The van der Waals surface area contributed by atoms with Gasteiger partial charge in [0, 0.05) is 25.7 Å². The Morgan fingerprint density at radius 1 is 1.19 bits per heavy atom. The molecule has 2 rings (SSSR count). The van der Waals surface area contributed by atoms with Crippen LogP contribution in [0.2, 0.25) is 0 Å². The van der Waals surface area contributed by atoms with Gasteiger partial charge in [-0.15, -0.1) is 0 Å². The van der Waals surface area contributed by atoms with Gasteiger partial charge < -0.3 is 10.8 Å². The number of hydrogen-bond donors (Lipinski definition) is 2. The van der Waals surface area contributed by atoms with Crippen molar-refractivity contribution in [2.45, 2.75) is 31.5 Å². The minimum atomic E-state index is -0.225. The topological polar surface area (TPSA) is 49.5 Å². The van der Waals surface area contributed by atoms with Gasteiger partial charge in [0.05, 0.1) is 6.10 Å². The van der Waals surface area contributed by atoms with Crippen molar-refractivity contribution < 1.29 is 5.11 Å². The van der Waals surface area contributed by atoms with Crippen molar-refractivity contribution >= 4 is 0 Å². The second kappa shape index (κ2) is 5.43. The summed E-state index contributed by atoms with van der Waals surface area (Å²) >= 11 is 0. The SMILES string of the molecule is NC1CCC(O)CN(Cc2ccccc2)C1. The molecule has 2 unspecified atom stereocenters. The smallest absolute Gasteiger partial charge is 0.0667 e. The second-order valence-electron chi connectivity index (χ2n) is 4.67. The minimum Gasteiger partial charge on any atom is -0.392 e. The van der Waals surface area contributed by atoms with Gasteiger partial charge in [0.2, 0.25) is 0 Å². The highest BCUT2D eigenvalue weighted by Crippen LogP contribution is 2.13. The summed E-state index contributed by atoms with van der Waals surface area (Å²) in [6.45, 7) is 2.50. The normalized spacial score (nSPS) is 27.6. The molecule has 1 aromatic rings. The van der Waals surface area contributed by atoms with E-state index < -0.39 is 0 Å². The number of aliphatic hydroxyl groups excluding tert-OH is 1. The van der Waals surface area contributed by atoms with E-state index in [0.717, 1.165) is 32.5 Å². The van der Waals surface area contributed by atoms with Crippen LogP contribution in [0.25, 0.3) is 0 Å². The van der Waals surface area contributed by atoms with Crippen molar-refractivity contribution in [1.82, 2.24) is 4.90 Å². The van der Waals surface area contributed by atoms with Gasteiger partial charge >= 0.3 is 0 Å². The van der Waals surface area contributed by atoms with Gasteiger partial charge in [-0.1, -0.05) is 30.3 Å². The maximum atomic E-state index is 9.76. The Bertz CT molecular complexity index is 303. The summed E-state index contributed by atoms with van der Waals surface area (Å²) in [5, 5.41) is 9.76. The van der Waals surface area contributed by atoms with E-state index in [2.05, 4.69) is 17.0 Å². The van der Waals surface area contributed by atoms with Gasteiger partial charge in [-0.3, -0.25) is 4.90 Å². The summed E-state index contributed by atoms with van der Waals surface area (Å²) in [4.78, 5) is 2.25. The molecule has 0 radical (unpaired) electrons. The van der Waals surface area contributed by atoms with Gasteiger partial charge in [-0.05, 0) is 18.4 Å². The molecule has 0 amide bonds. The lowest BCUT2D eigenvalue weighted by atomic mass is 10.1. The molecule has 88 valence electrons. The molecule has 1 aliphatic heterocycles. The van der Waals surface area contributed by atoms with E-state index in [1.165, 1.54) is 5.56 Å². The first-order valence-electron chi connectivity index (χ1n) is 5.94. The molecule has 3 heteroatoms. The van der Waals surface area contributed by atoms with Crippen LogP contribution < -0.4 is 5.73 Å². The zero-order valence-corrected chi connectivity index (χ0v) is 9.55. The number of likely N-dealkylation sites (tertiary alicyclic amines) is 1. The maximum absolute atomic E-state index is 9.76. The van der Waals surface area contributed by atoms with Crippen molar-refractivity contribution in [2.75, 3.05) is 13.1 Å². The zero-order chi connectivity index (χ0) is 11.4. The molecule has 1 heterocycles. The van der Waals surface area contributed by atoms with E-state index >= 15 is 0 Å². The third-order valence-corrected chi connectivity index (χ3v) is 3.08. The van der Waals surface area contributed by atoms with Crippen molar-refractivity contribution in [1.29, 1.82) is 0 Å². The average molecular weight is 220 g/mol. The number of nitrogens with zero attached hydrogens (tertiary/aromatic N) is 1. The molecule has 16 heavy (non-hydrogen) atoms. The second-order valence-corrected chi connectivity index (χ2v) is 4.67. The van der Waals surface area contributed by atoms with Crippen molar-refractivity contribution in [2.24, 2.45) is 5.73 Å². The van der Waals surface area contributed by atoms with Crippen LogP contribution in [0.15, 0.2) is 30.3 Å². The highest BCUT2D eigenvalue weighted by molar-refractivity contribution is 5.14. The first kappa shape index (κ1) is 11.6. The molecule has 0 aromatic heterocycles. The Kier molecular flexibility index (Phi) is 3.93. The third-order valence-electron chi connectivity index (χ3n) is 3.08. The third kappa shape index (κ3) is 3.30. The van der Waals surface area contributed by atoms with E-state index in [9.17, 15) is 5.11 Å². The van der Waals surface area contributed by atoms with E-state index in [4.69, 9.17) is 5.73 Å². The summed E-state index contributed by atoms with van der Waals surface area (Å²) < 4.78 is 0. The maximum Gasteiger partial charge on any atom is 0.0667 e. The number of β-amino-alcohol motifs (C(OH)–C–C–N with tert-alkyl or cyclic N) is 1. The fraction of sp³-hybridized carbons (Fsp3) is 0.538. The number of hydrogen-bond acceptors (Lipinski definition) is 3. The monoisotopic (exact) mass is 220 g/mol. The van der Waals surface area contributed by atoms with Crippen LogP contribution in [0.1, 0.15) is 18.4 Å². The Hall–Kier alpha value is -0.900. The molecule has 0 bridgehead atoms. The number of benzene rings is 1. The van der Waals surface area contributed by atoms with E-state index in [-0.39, 0.29) is 12.1 Å². The summed E-state index contributed by atoms with van der Waals surface area (Å²) in [6, 6.07) is 10.5. The molecule has 0 saturated carbocycles. The molecule has 1 aliphatic rings. The largest absolute Gasteiger partial charge is 0.392 e. The summed E-state index contributed by atoms with van der Waals surface area (Å²) in [7, 11) is 0. The Morgan fingerprint density at radius 3 is 2.69 bits per heavy atom. The molecule has 1 fully saturated rings. The van der Waals surface area contributed by atoms with Crippen LogP contribution in [-0.4, -0.2) is 35.2 Å². The minimum absolute atomic E-state index is 0.195. The lowest BCUT2D eigenvalue weighted by molar-refractivity contribution is 0.117. The van der Waals surface area contributed by atoms with Crippen LogP contribution in [0.3, 0.4) is 0 Å². The molecule has 1 saturated heterocycles. The van der Waals surface area contributed by atoms with E-state index in [0.29, 0.717) is 0 Å². The summed E-state index contributed by atoms with van der Waals surface area (Å²) in [5.41, 5.74) is 7.27. The first-order chi connectivity index (χ1) is 7.74. The molecule has 0 aliphatic carbocycles.